The number of ether oxygens (including phenoxy) is 4. The molecule has 0 radical (unpaired) electrons. The number of nitrogens with one attached hydrogen (secondary N) is 1. The molecule has 1 N–H and O–H groups in total. The van der Waals surface area contributed by atoms with Gasteiger partial charge in [0.15, 0.2) is 0 Å². The minimum Gasteiger partial charge on any atom is -0.495 e. The molecule has 0 saturated carbocycles. The van der Waals surface area contributed by atoms with Crippen LogP contribution in [0.3, 0.4) is 0 Å². The zero-order chi connectivity index (χ0) is 34.4. The summed E-state index contributed by atoms with van der Waals surface area (Å²) in [6, 6.07) is 16.4. The monoisotopic (exact) mass is 700 g/mol. The molecule has 0 amide bonds. The third-order valence-corrected chi connectivity index (χ3v) is 16.9. The largest absolute Gasteiger partial charge is 0.495 e. The van der Waals surface area contributed by atoms with E-state index in [-0.39, 0.29) is 45.2 Å². The molecule has 9 nitrogen and oxygen atoms in total. The van der Waals surface area contributed by atoms with Gasteiger partial charge in [0.2, 0.25) is 0 Å². The van der Waals surface area contributed by atoms with Crippen LogP contribution in [-0.2, 0) is 29.8 Å². The molecule has 5 spiro atoms. The van der Waals surface area contributed by atoms with E-state index in [0.29, 0.717) is 18.6 Å². The second-order valence-corrected chi connectivity index (χ2v) is 18.4. The van der Waals surface area contributed by atoms with Crippen LogP contribution in [0.1, 0.15) is 62.5 Å². The number of carbonyl (C=O) groups excluding carboxylic acids is 1. The van der Waals surface area contributed by atoms with Crippen molar-refractivity contribution in [2.45, 2.75) is 86.5 Å². The molecule has 9 heterocycles. The third-order valence-electron chi connectivity index (χ3n) is 16.9. The molecule has 0 unspecified atom stereocenters. The van der Waals surface area contributed by atoms with Gasteiger partial charge in [-0.25, -0.2) is 4.79 Å². The van der Waals surface area contributed by atoms with E-state index in [4.69, 9.17) is 18.9 Å². The van der Waals surface area contributed by atoms with E-state index >= 15 is 0 Å². The minimum atomic E-state index is -0.265. The number of nitrogens with zero attached hydrogens (tertiary/aromatic N) is 3. The van der Waals surface area contributed by atoms with E-state index in [1.54, 1.807) is 18.4 Å². The Morgan fingerprint density at radius 3 is 2.54 bits per heavy atom. The van der Waals surface area contributed by atoms with E-state index in [2.05, 4.69) is 62.5 Å². The Morgan fingerprint density at radius 1 is 0.827 bits per heavy atom. The van der Waals surface area contributed by atoms with Crippen LogP contribution in [0, 0.1) is 16.2 Å². The van der Waals surface area contributed by atoms with Crippen LogP contribution in [0.15, 0.2) is 65.0 Å². The number of hydrogen-bond donors (Lipinski definition) is 1. The average Bonchev–Trinajstić information content (AvgIpc) is 4.02. The predicted octanol–water partition coefficient (Wildman–Crippen LogP) is 5.11. The van der Waals surface area contributed by atoms with E-state index in [9.17, 15) is 4.79 Å². The van der Waals surface area contributed by atoms with Crippen LogP contribution in [-0.4, -0.2) is 100 Å². The number of rotatable bonds is 2. The molecular formula is C43H48N4O5. The average molecular weight is 701 g/mol. The number of esters is 1. The highest BCUT2D eigenvalue weighted by Crippen LogP contribution is 2.75. The molecule has 0 aromatic heterocycles. The molecule has 11 aliphatic rings. The van der Waals surface area contributed by atoms with Crippen molar-refractivity contribution in [1.82, 2.24) is 9.80 Å². The first-order valence-electron chi connectivity index (χ1n) is 20.0. The van der Waals surface area contributed by atoms with Gasteiger partial charge in [-0.15, -0.1) is 0 Å². The van der Waals surface area contributed by atoms with Gasteiger partial charge in [-0.2, -0.15) is 0 Å². The first kappa shape index (κ1) is 30.0. The van der Waals surface area contributed by atoms with Crippen molar-refractivity contribution in [2.24, 2.45) is 16.2 Å². The molecule has 2 aromatic carbocycles. The Morgan fingerprint density at radius 2 is 1.63 bits per heavy atom. The molecule has 0 bridgehead atoms. The first-order chi connectivity index (χ1) is 25.4. The van der Waals surface area contributed by atoms with Crippen molar-refractivity contribution in [3.05, 3.63) is 76.1 Å². The quantitative estimate of drug-likeness (QED) is 0.431. The fourth-order valence-electron chi connectivity index (χ4n) is 16.1. The topological polar surface area (TPSA) is 75.7 Å². The maximum Gasteiger partial charge on any atom is 0.335 e. The summed E-state index contributed by atoms with van der Waals surface area (Å²) in [6.07, 6.45) is 8.62. The van der Waals surface area contributed by atoms with Gasteiger partial charge in [-0.1, -0.05) is 30.3 Å². The number of benzene rings is 2. The molecule has 9 heteroatoms. The highest BCUT2D eigenvalue weighted by Gasteiger charge is 2.77. The Hall–Kier alpha value is -3.37. The second-order valence-electron chi connectivity index (χ2n) is 18.4. The lowest BCUT2D eigenvalue weighted by atomic mass is 9.47. The van der Waals surface area contributed by atoms with Crippen molar-refractivity contribution in [1.29, 1.82) is 0 Å². The number of carbonyl (C=O) groups is 1. The molecule has 270 valence electrons. The molecule has 6 saturated heterocycles. The first-order valence-corrected chi connectivity index (χ1v) is 20.0. The fraction of sp³-hybridized carbons (Fsp3) is 0.605. The minimum absolute atomic E-state index is 0.0197. The Balaban J connectivity index is 1.03. The van der Waals surface area contributed by atoms with E-state index in [1.165, 1.54) is 16.8 Å². The van der Waals surface area contributed by atoms with Gasteiger partial charge < -0.3 is 29.2 Å². The zero-order valence-corrected chi connectivity index (χ0v) is 30.3. The molecule has 2 aromatic rings. The summed E-state index contributed by atoms with van der Waals surface area (Å²) in [5.41, 5.74) is 9.97. The van der Waals surface area contributed by atoms with E-state index < -0.39 is 0 Å². The van der Waals surface area contributed by atoms with Crippen LogP contribution >= 0.6 is 0 Å². The molecule has 13 rings (SSSR count). The second kappa shape index (κ2) is 9.46. The van der Waals surface area contributed by atoms with Gasteiger partial charge in [0.1, 0.15) is 5.75 Å². The number of allylic oxidation sites excluding steroid dienone is 1. The predicted molar refractivity (Wildman–Crippen MR) is 194 cm³/mol. The van der Waals surface area contributed by atoms with E-state index in [0.717, 1.165) is 114 Å². The molecule has 2 aliphatic carbocycles. The van der Waals surface area contributed by atoms with Gasteiger partial charge in [0, 0.05) is 78.3 Å². The summed E-state index contributed by atoms with van der Waals surface area (Å²) in [7, 11) is 3.40. The van der Waals surface area contributed by atoms with Crippen LogP contribution < -0.4 is 15.0 Å². The number of para-hydroxylation sites is 2. The van der Waals surface area contributed by atoms with Gasteiger partial charge in [0.25, 0.3) is 0 Å². The van der Waals surface area contributed by atoms with Crippen molar-refractivity contribution in [3.8, 4) is 5.75 Å². The highest BCUT2D eigenvalue weighted by molar-refractivity contribution is 5.93. The molecule has 52 heavy (non-hydrogen) atoms. The smallest absolute Gasteiger partial charge is 0.335 e. The lowest BCUT2D eigenvalue weighted by Crippen LogP contribution is -2.72. The van der Waals surface area contributed by atoms with Crippen LogP contribution in [0.2, 0.25) is 0 Å². The summed E-state index contributed by atoms with van der Waals surface area (Å²) in [4.78, 5) is 22.5. The SMILES string of the molecule is COC(=O)C1=C2Nc3ccccc3[C@@]23CCN2C[C@@]4(CC5=C6N(C4)c4c(OC)cccc4[C@@]64CCN6CC[C@@H]7OCC[C@]7(C5)[C@H]64)[C@H]4OCC[C@]4(C1)[C@H]23. The number of methoxy groups -OCH3 is 2. The summed E-state index contributed by atoms with van der Waals surface area (Å²) in [6.45, 7) is 6.83. The van der Waals surface area contributed by atoms with Gasteiger partial charge in [0.05, 0.1) is 48.5 Å². The van der Waals surface area contributed by atoms with Crippen molar-refractivity contribution >= 4 is 17.3 Å². The normalized spacial score (nSPS) is 44.1. The van der Waals surface area contributed by atoms with Crippen molar-refractivity contribution in [2.75, 3.05) is 70.4 Å². The number of anilines is 2. The van der Waals surface area contributed by atoms with Crippen molar-refractivity contribution < 1.29 is 23.7 Å². The summed E-state index contributed by atoms with van der Waals surface area (Å²) < 4.78 is 25.9. The van der Waals surface area contributed by atoms with Crippen molar-refractivity contribution in [3.63, 3.8) is 0 Å². The molecular weight excluding hydrogens is 652 g/mol. The van der Waals surface area contributed by atoms with Gasteiger partial charge in [-0.05, 0) is 93.3 Å². The van der Waals surface area contributed by atoms with Crippen LogP contribution in [0.4, 0.5) is 11.4 Å². The fourth-order valence-corrected chi connectivity index (χ4v) is 16.1. The standard InChI is InChI=1S/C43H48N4O5/c1-49-30-9-5-7-28-32(30)47-24-39(20-25-21-40-13-18-51-31(40)10-15-45-16-12-43(28,34(25)47)36(40)45)23-46-17-11-42-27-6-3-4-8-29(27)44-33(42)26(35(48)50-2)22-41(37(42)46)14-19-52-38(39)41/h3-9,31,36-38,44H,10-24H2,1-2H3/t31-,36-,37-,38+,39+,40+,41-,42-,43-/m0/s1. The molecule has 9 aliphatic heterocycles. The molecule has 9 atom stereocenters. The highest BCUT2D eigenvalue weighted by atomic mass is 16.5. The van der Waals surface area contributed by atoms with Crippen LogP contribution in [0.25, 0.3) is 0 Å². The Labute approximate surface area is 305 Å². The maximum atomic E-state index is 14.0. The van der Waals surface area contributed by atoms with Crippen LogP contribution in [0.5, 0.6) is 5.75 Å². The van der Waals surface area contributed by atoms with E-state index in [1.807, 2.05) is 7.11 Å². The number of piperidine rings is 2. The maximum absolute atomic E-state index is 14.0. The number of hydrogen-bond acceptors (Lipinski definition) is 9. The summed E-state index contributed by atoms with van der Waals surface area (Å²) in [5.74, 6) is 0.809. The number of fused-ring (bicyclic) bond motifs is 4. The third kappa shape index (κ3) is 3.01. The Bertz CT molecular complexity index is 2080. The van der Waals surface area contributed by atoms with Gasteiger partial charge in [-0.3, -0.25) is 9.80 Å². The lowest BCUT2D eigenvalue weighted by molar-refractivity contribution is -0.152. The summed E-state index contributed by atoms with van der Waals surface area (Å²) in [5, 5.41) is 3.81. The van der Waals surface area contributed by atoms with Gasteiger partial charge >= 0.3 is 5.97 Å². The lowest BCUT2D eigenvalue weighted by Gasteiger charge is -2.65. The summed E-state index contributed by atoms with van der Waals surface area (Å²) >= 11 is 0. The zero-order valence-electron chi connectivity index (χ0n) is 30.3. The Kier molecular flexibility index (Phi) is 5.46. The molecule has 6 fully saturated rings.